The first kappa shape index (κ1) is 17.0. The molecular formula is C17H21FN2O3S. The first-order valence-corrected chi connectivity index (χ1v) is 9.94. The van der Waals surface area contributed by atoms with Crippen LogP contribution in [0.1, 0.15) is 24.8 Å². The Kier molecular flexibility index (Phi) is 4.89. The highest BCUT2D eigenvalue weighted by Crippen LogP contribution is 2.20. The molecule has 130 valence electrons. The maximum Gasteiger partial charge on any atom is 0.317 e. The summed E-state index contributed by atoms with van der Waals surface area (Å²) in [4.78, 5) is 13.9. The lowest BCUT2D eigenvalue weighted by atomic mass is 10.0. The highest BCUT2D eigenvalue weighted by atomic mass is 32.2. The van der Waals surface area contributed by atoms with Crippen LogP contribution in [-0.2, 0) is 9.84 Å². The number of nitrogens with zero attached hydrogens (tertiary/aromatic N) is 1. The summed E-state index contributed by atoms with van der Waals surface area (Å²) in [7, 11) is -2.99. The molecule has 1 atom stereocenters. The van der Waals surface area contributed by atoms with Gasteiger partial charge in [0.1, 0.15) is 5.82 Å². The smallest absolute Gasteiger partial charge is 0.317 e. The molecule has 0 spiro atoms. The van der Waals surface area contributed by atoms with Crippen molar-refractivity contribution in [1.29, 1.82) is 0 Å². The fourth-order valence-electron chi connectivity index (χ4n) is 3.15. The number of amides is 2. The molecule has 2 amide bonds. The molecule has 2 heterocycles. The van der Waals surface area contributed by atoms with Crippen LogP contribution in [0.4, 0.5) is 9.18 Å². The highest BCUT2D eigenvalue weighted by Gasteiger charge is 2.30. The molecule has 1 N–H and O–H groups in total. The van der Waals surface area contributed by atoms with Gasteiger partial charge in [-0.2, -0.15) is 0 Å². The lowest BCUT2D eigenvalue weighted by molar-refractivity contribution is 0.191. The molecule has 1 aromatic rings. The van der Waals surface area contributed by atoms with Crippen molar-refractivity contribution in [3.63, 3.8) is 0 Å². The van der Waals surface area contributed by atoms with E-state index in [9.17, 15) is 17.6 Å². The molecule has 2 aliphatic rings. The fraction of sp³-hybridized carbons (Fsp3) is 0.471. The van der Waals surface area contributed by atoms with Crippen LogP contribution in [0, 0.1) is 5.82 Å². The van der Waals surface area contributed by atoms with E-state index in [0.717, 1.165) is 18.4 Å². The predicted octanol–water partition coefficient (Wildman–Crippen LogP) is 2.20. The quantitative estimate of drug-likeness (QED) is 0.887. The van der Waals surface area contributed by atoms with E-state index in [4.69, 9.17) is 0 Å². The number of hydrogen-bond acceptors (Lipinski definition) is 3. The predicted molar refractivity (Wildman–Crippen MR) is 90.8 cm³/mol. The van der Waals surface area contributed by atoms with E-state index >= 15 is 0 Å². The van der Waals surface area contributed by atoms with Gasteiger partial charge in [-0.15, -0.1) is 0 Å². The van der Waals surface area contributed by atoms with E-state index in [0.29, 0.717) is 19.5 Å². The average Bonchev–Trinajstić information content (AvgIpc) is 2.87. The monoisotopic (exact) mass is 352 g/mol. The van der Waals surface area contributed by atoms with E-state index in [2.05, 4.69) is 5.32 Å². The minimum Gasteiger partial charge on any atom is -0.334 e. The summed E-state index contributed by atoms with van der Waals surface area (Å²) < 4.78 is 36.1. The summed E-state index contributed by atoms with van der Waals surface area (Å²) in [5, 5.41) is 2.81. The third-order valence-corrected chi connectivity index (χ3v) is 6.24. The van der Waals surface area contributed by atoms with E-state index in [1.54, 1.807) is 11.0 Å². The van der Waals surface area contributed by atoms with Gasteiger partial charge >= 0.3 is 6.03 Å². The van der Waals surface area contributed by atoms with Crippen molar-refractivity contribution in [1.82, 2.24) is 10.2 Å². The Balaban J connectivity index is 1.52. The SMILES string of the molecule is O=C(NC1CCS(=O)(=O)C1)N1CCC(=Cc2cccc(F)c2)CC1. The van der Waals surface area contributed by atoms with Gasteiger partial charge in [-0.1, -0.05) is 23.8 Å². The van der Waals surface area contributed by atoms with Gasteiger partial charge in [-0.3, -0.25) is 0 Å². The molecule has 0 saturated carbocycles. The van der Waals surface area contributed by atoms with Gasteiger partial charge in [-0.25, -0.2) is 17.6 Å². The van der Waals surface area contributed by atoms with Crippen molar-refractivity contribution >= 4 is 21.9 Å². The van der Waals surface area contributed by atoms with Gasteiger partial charge in [0.05, 0.1) is 11.5 Å². The standard InChI is InChI=1S/C17H21FN2O3S/c18-15-3-1-2-14(11-15)10-13-4-7-20(8-5-13)17(21)19-16-6-9-24(22,23)12-16/h1-3,10-11,16H,4-9,12H2,(H,19,21). The van der Waals surface area contributed by atoms with Crippen LogP contribution in [0.5, 0.6) is 0 Å². The number of halogens is 1. The molecule has 2 fully saturated rings. The lowest BCUT2D eigenvalue weighted by Gasteiger charge is -2.29. The molecule has 5 nitrogen and oxygen atoms in total. The van der Waals surface area contributed by atoms with Crippen molar-refractivity contribution < 1.29 is 17.6 Å². The van der Waals surface area contributed by atoms with Crippen LogP contribution >= 0.6 is 0 Å². The minimum atomic E-state index is -2.99. The average molecular weight is 352 g/mol. The Morgan fingerprint density at radius 2 is 2.04 bits per heavy atom. The largest absolute Gasteiger partial charge is 0.334 e. The van der Waals surface area contributed by atoms with Gasteiger partial charge in [-0.05, 0) is 37.0 Å². The number of hydrogen-bond donors (Lipinski definition) is 1. The molecule has 1 aromatic carbocycles. The number of nitrogens with one attached hydrogen (secondary N) is 1. The van der Waals surface area contributed by atoms with Crippen molar-refractivity contribution in [3.8, 4) is 0 Å². The summed E-state index contributed by atoms with van der Waals surface area (Å²) in [6.45, 7) is 1.18. The van der Waals surface area contributed by atoms with E-state index < -0.39 is 9.84 Å². The third-order valence-electron chi connectivity index (χ3n) is 4.47. The molecule has 3 rings (SSSR count). The number of likely N-dealkylation sites (tertiary alicyclic amines) is 1. The molecular weight excluding hydrogens is 331 g/mol. The molecule has 7 heteroatoms. The first-order chi connectivity index (χ1) is 11.4. The molecule has 0 radical (unpaired) electrons. The van der Waals surface area contributed by atoms with Crippen molar-refractivity contribution in [2.75, 3.05) is 24.6 Å². The summed E-state index contributed by atoms with van der Waals surface area (Å²) >= 11 is 0. The van der Waals surface area contributed by atoms with Gasteiger partial charge in [0, 0.05) is 19.1 Å². The maximum atomic E-state index is 13.2. The van der Waals surface area contributed by atoms with Gasteiger partial charge in [0.2, 0.25) is 0 Å². The van der Waals surface area contributed by atoms with E-state index in [1.807, 2.05) is 12.1 Å². The molecule has 0 bridgehead atoms. The number of carbonyl (C=O) groups is 1. The summed E-state index contributed by atoms with van der Waals surface area (Å²) in [5.41, 5.74) is 2.02. The number of benzene rings is 1. The zero-order valence-electron chi connectivity index (χ0n) is 13.4. The Hall–Kier alpha value is -1.89. The first-order valence-electron chi connectivity index (χ1n) is 8.12. The second kappa shape index (κ2) is 6.93. The normalized spacial score (nSPS) is 23.1. The fourth-order valence-corrected chi connectivity index (χ4v) is 4.82. The number of carbonyl (C=O) groups excluding carboxylic acids is 1. The number of rotatable bonds is 2. The number of urea groups is 1. The van der Waals surface area contributed by atoms with E-state index in [-0.39, 0.29) is 29.4 Å². The number of sulfone groups is 1. The molecule has 0 aromatic heterocycles. The van der Waals surface area contributed by atoms with Crippen LogP contribution < -0.4 is 5.32 Å². The van der Waals surface area contributed by atoms with Crippen LogP contribution in [0.3, 0.4) is 0 Å². The summed E-state index contributed by atoms with van der Waals surface area (Å²) in [6.07, 6.45) is 3.95. The van der Waals surface area contributed by atoms with Gasteiger partial charge < -0.3 is 10.2 Å². The molecule has 1 unspecified atom stereocenters. The second-order valence-electron chi connectivity index (χ2n) is 6.39. The molecule has 2 aliphatic heterocycles. The third kappa shape index (κ3) is 4.35. The van der Waals surface area contributed by atoms with Gasteiger partial charge in [0.25, 0.3) is 0 Å². The molecule has 2 saturated heterocycles. The summed E-state index contributed by atoms with van der Waals surface area (Å²) in [6, 6.07) is 5.98. The Morgan fingerprint density at radius 1 is 1.29 bits per heavy atom. The van der Waals surface area contributed by atoms with Crippen LogP contribution in [0.25, 0.3) is 6.08 Å². The Labute approximate surface area is 141 Å². The lowest BCUT2D eigenvalue weighted by Crippen LogP contribution is -2.47. The van der Waals surface area contributed by atoms with Crippen LogP contribution in [-0.4, -0.2) is 50.0 Å². The number of piperidine rings is 1. The van der Waals surface area contributed by atoms with Crippen LogP contribution in [0.2, 0.25) is 0 Å². The van der Waals surface area contributed by atoms with Gasteiger partial charge in [0.15, 0.2) is 9.84 Å². The maximum absolute atomic E-state index is 13.2. The topological polar surface area (TPSA) is 66.5 Å². The van der Waals surface area contributed by atoms with E-state index in [1.165, 1.54) is 17.7 Å². The molecule has 0 aliphatic carbocycles. The van der Waals surface area contributed by atoms with Crippen LogP contribution in [0.15, 0.2) is 29.8 Å². The Morgan fingerprint density at radius 3 is 2.67 bits per heavy atom. The molecule has 24 heavy (non-hydrogen) atoms. The minimum absolute atomic E-state index is 0.0390. The Bertz CT molecular complexity index is 751. The second-order valence-corrected chi connectivity index (χ2v) is 8.62. The van der Waals surface area contributed by atoms with Crippen molar-refractivity contribution in [2.45, 2.75) is 25.3 Å². The highest BCUT2D eigenvalue weighted by molar-refractivity contribution is 7.91. The van der Waals surface area contributed by atoms with Crippen molar-refractivity contribution in [2.24, 2.45) is 0 Å². The zero-order valence-corrected chi connectivity index (χ0v) is 14.2. The summed E-state index contributed by atoms with van der Waals surface area (Å²) in [5.74, 6) is -0.0665. The zero-order chi connectivity index (χ0) is 17.2. The van der Waals surface area contributed by atoms with Crippen molar-refractivity contribution in [3.05, 3.63) is 41.2 Å².